The van der Waals surface area contributed by atoms with E-state index in [4.69, 9.17) is 0 Å². The molecule has 1 unspecified atom stereocenters. The minimum absolute atomic E-state index is 0.193. The van der Waals surface area contributed by atoms with Crippen LogP contribution >= 0.6 is 0 Å². The van der Waals surface area contributed by atoms with Gasteiger partial charge in [0.15, 0.2) is 0 Å². The van der Waals surface area contributed by atoms with Crippen LogP contribution in [0.1, 0.15) is 33.2 Å². The van der Waals surface area contributed by atoms with Crippen LogP contribution in [0.15, 0.2) is 48.5 Å². The highest BCUT2D eigenvalue weighted by atomic mass is 28.3. The lowest BCUT2D eigenvalue weighted by molar-refractivity contribution is 0.0677. The summed E-state index contributed by atoms with van der Waals surface area (Å²) in [7, 11) is -1.91. The normalized spacial score (nSPS) is 16.2. The molecular weight excluding hydrogens is 321 g/mol. The van der Waals surface area contributed by atoms with Crippen LogP contribution in [0, 0.1) is 5.82 Å². The topological polar surface area (TPSA) is 37.4 Å². The zero-order valence-electron chi connectivity index (χ0n) is 13.9. The summed E-state index contributed by atoms with van der Waals surface area (Å²) in [6.07, 6.45) is 0.493. The number of benzene rings is 2. The van der Waals surface area contributed by atoms with Crippen LogP contribution in [-0.4, -0.2) is 31.0 Å². The molecule has 0 aromatic heterocycles. The number of halogens is 1. The van der Waals surface area contributed by atoms with E-state index >= 15 is 0 Å². The Kier molecular flexibility index (Phi) is 4.37. The van der Waals surface area contributed by atoms with Crippen LogP contribution in [0.2, 0.25) is 12.6 Å². The summed E-state index contributed by atoms with van der Waals surface area (Å²) < 4.78 is 13.1. The van der Waals surface area contributed by atoms with Crippen molar-refractivity contribution < 1.29 is 14.0 Å². The van der Waals surface area contributed by atoms with E-state index in [2.05, 4.69) is 13.5 Å². The molecule has 24 heavy (non-hydrogen) atoms. The summed E-state index contributed by atoms with van der Waals surface area (Å²) in [5.74, 6) is -0.636. The second kappa shape index (κ2) is 6.32. The smallest absolute Gasteiger partial charge is 0.261 e. The van der Waals surface area contributed by atoms with E-state index < -0.39 is 8.07 Å². The number of nitrogens with zero attached hydrogens (tertiary/aromatic N) is 1. The molecule has 0 aliphatic carbocycles. The van der Waals surface area contributed by atoms with Gasteiger partial charge in [-0.2, -0.15) is 0 Å². The van der Waals surface area contributed by atoms with Gasteiger partial charge >= 0.3 is 0 Å². The first-order valence-electron chi connectivity index (χ1n) is 8.13. The molecule has 5 heteroatoms. The Bertz CT molecular complexity index is 755. The van der Waals surface area contributed by atoms with Gasteiger partial charge in [0.05, 0.1) is 19.2 Å². The fourth-order valence-corrected chi connectivity index (χ4v) is 6.01. The van der Waals surface area contributed by atoms with E-state index in [0.29, 0.717) is 17.3 Å². The Balaban J connectivity index is 1.81. The molecule has 0 spiro atoms. The first-order chi connectivity index (χ1) is 11.4. The van der Waals surface area contributed by atoms with Gasteiger partial charge in [0.2, 0.25) is 0 Å². The van der Waals surface area contributed by atoms with Crippen LogP contribution in [-0.2, 0) is 6.04 Å². The Labute approximate surface area is 142 Å². The van der Waals surface area contributed by atoms with E-state index in [1.807, 2.05) is 0 Å². The molecule has 1 aliphatic rings. The minimum atomic E-state index is -1.91. The van der Waals surface area contributed by atoms with Crippen molar-refractivity contribution in [2.45, 2.75) is 25.6 Å². The fourth-order valence-electron chi connectivity index (χ4n) is 3.15. The summed E-state index contributed by atoms with van der Waals surface area (Å²) in [5, 5.41) is 0. The van der Waals surface area contributed by atoms with Crippen LogP contribution in [0.5, 0.6) is 0 Å². The van der Waals surface area contributed by atoms with E-state index in [1.165, 1.54) is 17.0 Å². The molecule has 3 nitrogen and oxygen atoms in total. The van der Waals surface area contributed by atoms with Gasteiger partial charge in [-0.1, -0.05) is 49.3 Å². The Morgan fingerprint density at radius 1 is 0.958 bits per heavy atom. The van der Waals surface area contributed by atoms with Crippen molar-refractivity contribution in [2.75, 3.05) is 6.17 Å². The number of hydrogen-bond donors (Lipinski definition) is 0. The lowest BCUT2D eigenvalue weighted by Gasteiger charge is -2.30. The fraction of sp³-hybridized carbons (Fsp3) is 0.263. The predicted molar refractivity (Wildman–Crippen MR) is 94.0 cm³/mol. The molecule has 1 heterocycles. The molecule has 1 aliphatic heterocycles. The van der Waals surface area contributed by atoms with Crippen molar-refractivity contribution in [3.05, 3.63) is 71.0 Å². The monoisotopic (exact) mass is 341 g/mol. The van der Waals surface area contributed by atoms with Crippen molar-refractivity contribution in [1.82, 2.24) is 4.90 Å². The third-order valence-corrected chi connectivity index (χ3v) is 8.86. The lowest BCUT2D eigenvalue weighted by Crippen LogP contribution is -2.48. The minimum Gasteiger partial charge on any atom is -0.277 e. The molecule has 0 saturated carbocycles. The first kappa shape index (κ1) is 16.6. The molecule has 1 atom stereocenters. The summed E-state index contributed by atoms with van der Waals surface area (Å²) in [4.78, 5) is 26.6. The van der Waals surface area contributed by atoms with Crippen molar-refractivity contribution in [3.63, 3.8) is 0 Å². The maximum atomic E-state index is 13.1. The number of fused-ring (bicyclic) bond motifs is 1. The maximum absolute atomic E-state index is 13.1. The van der Waals surface area contributed by atoms with Crippen LogP contribution < -0.4 is 0 Å². The summed E-state index contributed by atoms with van der Waals surface area (Å²) in [6.45, 7) is 4.30. The second-order valence-electron chi connectivity index (χ2n) is 6.71. The molecule has 0 bridgehead atoms. The highest BCUT2D eigenvalue weighted by Crippen LogP contribution is 2.26. The largest absolute Gasteiger partial charge is 0.277 e. The van der Waals surface area contributed by atoms with Gasteiger partial charge in [0.25, 0.3) is 11.8 Å². The van der Waals surface area contributed by atoms with E-state index in [0.717, 1.165) is 17.7 Å². The molecule has 3 rings (SSSR count). The van der Waals surface area contributed by atoms with Crippen molar-refractivity contribution in [1.29, 1.82) is 0 Å². The molecule has 2 aromatic carbocycles. The lowest BCUT2D eigenvalue weighted by atomic mass is 10.1. The van der Waals surface area contributed by atoms with Gasteiger partial charge in [-0.3, -0.25) is 14.5 Å². The highest BCUT2D eigenvalue weighted by Gasteiger charge is 2.40. The number of hydrogen-bond acceptors (Lipinski definition) is 2. The third-order valence-electron chi connectivity index (χ3n) is 4.82. The molecule has 124 valence electrons. The van der Waals surface area contributed by atoms with Crippen molar-refractivity contribution in [3.8, 4) is 0 Å². The van der Waals surface area contributed by atoms with Gasteiger partial charge in [-0.25, -0.2) is 4.39 Å². The average molecular weight is 341 g/mol. The van der Waals surface area contributed by atoms with Crippen LogP contribution in [0.4, 0.5) is 4.39 Å². The number of imide groups is 1. The van der Waals surface area contributed by atoms with Crippen LogP contribution in [0.3, 0.4) is 0 Å². The van der Waals surface area contributed by atoms with Gasteiger partial charge in [0, 0.05) is 6.17 Å². The number of carbonyl (C=O) groups excluding carboxylic acids is 2. The molecule has 2 amide bonds. The van der Waals surface area contributed by atoms with E-state index in [-0.39, 0.29) is 17.6 Å². The van der Waals surface area contributed by atoms with Gasteiger partial charge in [-0.05, 0) is 30.3 Å². The molecule has 0 saturated heterocycles. The molecule has 2 aromatic rings. The second-order valence-corrected chi connectivity index (χ2v) is 11.7. The van der Waals surface area contributed by atoms with Crippen LogP contribution in [0.25, 0.3) is 0 Å². The number of amides is 2. The summed E-state index contributed by atoms with van der Waals surface area (Å²) >= 11 is 0. The SMILES string of the molecule is CC[Si](C)(Cc1ccc(F)cc1)CN1C(=O)c2ccccc2C1=O. The first-order valence-corrected chi connectivity index (χ1v) is 11.3. The molecule has 0 radical (unpaired) electrons. The summed E-state index contributed by atoms with van der Waals surface area (Å²) in [5.41, 5.74) is 2.05. The maximum Gasteiger partial charge on any atom is 0.261 e. The van der Waals surface area contributed by atoms with Crippen molar-refractivity contribution in [2.24, 2.45) is 0 Å². The zero-order valence-corrected chi connectivity index (χ0v) is 14.9. The quantitative estimate of drug-likeness (QED) is 0.612. The molecule has 0 fully saturated rings. The van der Waals surface area contributed by atoms with E-state index in [1.54, 1.807) is 36.4 Å². The Hall–Kier alpha value is -2.27. The zero-order chi connectivity index (χ0) is 17.3. The summed E-state index contributed by atoms with van der Waals surface area (Å²) in [6, 6.07) is 15.2. The van der Waals surface area contributed by atoms with Gasteiger partial charge < -0.3 is 0 Å². The Morgan fingerprint density at radius 2 is 1.50 bits per heavy atom. The third kappa shape index (κ3) is 3.04. The highest BCUT2D eigenvalue weighted by molar-refractivity contribution is 6.78. The predicted octanol–water partition coefficient (Wildman–Crippen LogP) is 3.84. The van der Waals surface area contributed by atoms with E-state index in [9.17, 15) is 14.0 Å². The van der Waals surface area contributed by atoms with Gasteiger partial charge in [-0.15, -0.1) is 0 Å². The number of carbonyl (C=O) groups is 2. The molecular formula is C19H20FNO2Si. The van der Waals surface area contributed by atoms with Gasteiger partial charge in [0.1, 0.15) is 5.82 Å². The standard InChI is InChI=1S/C19H20FNO2Si/c1-3-24(2,12-14-8-10-15(20)11-9-14)13-21-18(22)16-6-4-5-7-17(16)19(21)23/h4-11H,3,12-13H2,1-2H3. The Morgan fingerprint density at radius 3 is 2.00 bits per heavy atom. The number of rotatable bonds is 5. The van der Waals surface area contributed by atoms with Crippen molar-refractivity contribution >= 4 is 19.9 Å². The average Bonchev–Trinajstić information content (AvgIpc) is 2.82. The molecule has 0 N–H and O–H groups in total.